The Balaban J connectivity index is 1.55. The number of ether oxygens (including phenoxy) is 1. The molecule has 5 rings (SSSR count). The molecule has 3 heterocycles. The number of nitrogens with zero attached hydrogens (tertiary/aromatic N) is 3. The molecule has 174 valence electrons. The van der Waals surface area contributed by atoms with Gasteiger partial charge in [0.15, 0.2) is 9.84 Å². The first kappa shape index (κ1) is 22.8. The van der Waals surface area contributed by atoms with Crippen LogP contribution >= 0.6 is 24.0 Å². The lowest BCUT2D eigenvalue weighted by Gasteiger charge is -2.20. The van der Waals surface area contributed by atoms with E-state index in [4.69, 9.17) is 22.1 Å². The highest BCUT2D eigenvalue weighted by atomic mass is 32.2. The van der Waals surface area contributed by atoms with Crippen LogP contribution < -0.4 is 4.74 Å². The zero-order chi connectivity index (χ0) is 23.9. The van der Waals surface area contributed by atoms with E-state index >= 15 is 0 Å². The molecule has 0 bridgehead atoms. The third-order valence-corrected chi connectivity index (χ3v) is 8.87. The Morgan fingerprint density at radius 3 is 2.68 bits per heavy atom. The van der Waals surface area contributed by atoms with Crippen molar-refractivity contribution in [3.63, 3.8) is 0 Å². The molecule has 0 spiro atoms. The number of rotatable bonds is 5. The summed E-state index contributed by atoms with van der Waals surface area (Å²) in [6.45, 7) is 0. The quantitative estimate of drug-likeness (QED) is 0.379. The fourth-order valence-electron chi connectivity index (χ4n) is 4.12. The van der Waals surface area contributed by atoms with Gasteiger partial charge < -0.3 is 4.74 Å². The minimum Gasteiger partial charge on any atom is -0.497 e. The maximum absolute atomic E-state index is 13.3. The Kier molecular flexibility index (Phi) is 6.05. The number of amides is 1. The van der Waals surface area contributed by atoms with Crippen LogP contribution in [0.2, 0.25) is 0 Å². The number of hydrogen-bond acceptors (Lipinski definition) is 7. The second-order valence-corrected chi connectivity index (χ2v) is 12.0. The average molecular weight is 512 g/mol. The Hall–Kier alpha value is -2.95. The molecule has 2 aromatic carbocycles. The smallest absolute Gasteiger partial charge is 0.266 e. The summed E-state index contributed by atoms with van der Waals surface area (Å²) in [5, 5.41) is 4.80. The fourth-order valence-corrected chi connectivity index (χ4v) is 7.21. The maximum Gasteiger partial charge on any atom is 0.266 e. The molecular weight excluding hydrogens is 490 g/mol. The number of hydrogen-bond donors (Lipinski definition) is 0. The van der Waals surface area contributed by atoms with E-state index in [0.717, 1.165) is 16.8 Å². The number of sulfone groups is 1. The molecule has 2 fully saturated rings. The number of methoxy groups -OCH3 is 1. The van der Waals surface area contributed by atoms with Gasteiger partial charge in [-0.2, -0.15) is 5.10 Å². The number of aromatic nitrogens is 2. The second-order valence-electron chi connectivity index (χ2n) is 8.05. The van der Waals surface area contributed by atoms with E-state index in [1.54, 1.807) is 17.9 Å². The molecule has 3 aromatic rings. The Labute approximate surface area is 207 Å². The molecule has 2 saturated heterocycles. The van der Waals surface area contributed by atoms with Crippen molar-refractivity contribution in [1.82, 2.24) is 14.7 Å². The van der Waals surface area contributed by atoms with E-state index < -0.39 is 15.9 Å². The first-order valence-electron chi connectivity index (χ1n) is 10.6. The van der Waals surface area contributed by atoms with Crippen molar-refractivity contribution in [3.8, 4) is 22.7 Å². The van der Waals surface area contributed by atoms with Crippen LogP contribution in [0.15, 0.2) is 65.7 Å². The van der Waals surface area contributed by atoms with Crippen molar-refractivity contribution in [1.29, 1.82) is 0 Å². The normalized spacial score (nSPS) is 20.9. The third-order valence-electron chi connectivity index (χ3n) is 5.79. The zero-order valence-electron chi connectivity index (χ0n) is 18.2. The first-order chi connectivity index (χ1) is 16.3. The van der Waals surface area contributed by atoms with Gasteiger partial charge in [0.2, 0.25) is 0 Å². The van der Waals surface area contributed by atoms with Crippen molar-refractivity contribution in [2.75, 3.05) is 18.6 Å². The van der Waals surface area contributed by atoms with Crippen molar-refractivity contribution in [2.24, 2.45) is 0 Å². The lowest BCUT2D eigenvalue weighted by molar-refractivity contribution is -0.123. The second kappa shape index (κ2) is 9.01. The van der Waals surface area contributed by atoms with Gasteiger partial charge in [-0.15, -0.1) is 0 Å². The third kappa shape index (κ3) is 4.40. The summed E-state index contributed by atoms with van der Waals surface area (Å²) in [6, 6.07) is 16.9. The standard InChI is InChI=1S/C24H21N3O4S3/c1-31-20-9-5-6-16(12-20)22-17(14-26(25-22)18-7-3-2-4-8-18)13-21-23(28)27(24(32)33-21)19-10-11-34(29,30)15-19/h2-9,12-14,19H,10-11,15H2,1H3/b21-13-. The molecule has 0 aliphatic carbocycles. The van der Waals surface area contributed by atoms with Gasteiger partial charge in [0.1, 0.15) is 15.8 Å². The van der Waals surface area contributed by atoms with Gasteiger partial charge in [-0.25, -0.2) is 13.1 Å². The molecule has 1 amide bonds. The monoisotopic (exact) mass is 511 g/mol. The Morgan fingerprint density at radius 2 is 1.97 bits per heavy atom. The molecule has 0 N–H and O–H groups in total. The van der Waals surface area contributed by atoms with Crippen LogP contribution in [0.4, 0.5) is 0 Å². The summed E-state index contributed by atoms with van der Waals surface area (Å²) in [7, 11) is -1.53. The molecule has 2 aliphatic rings. The molecule has 1 aromatic heterocycles. The fraction of sp³-hybridized carbons (Fsp3) is 0.208. The zero-order valence-corrected chi connectivity index (χ0v) is 20.7. The molecule has 0 saturated carbocycles. The Bertz CT molecular complexity index is 1410. The van der Waals surface area contributed by atoms with Gasteiger partial charge in [-0.3, -0.25) is 9.69 Å². The molecule has 1 atom stereocenters. The van der Waals surface area contributed by atoms with Crippen molar-refractivity contribution in [2.45, 2.75) is 12.5 Å². The summed E-state index contributed by atoms with van der Waals surface area (Å²) < 4.78 is 31.4. The predicted octanol–water partition coefficient (Wildman–Crippen LogP) is 3.94. The van der Waals surface area contributed by atoms with Crippen LogP contribution in [-0.2, 0) is 14.6 Å². The van der Waals surface area contributed by atoms with Crippen LogP contribution in [-0.4, -0.2) is 58.0 Å². The lowest BCUT2D eigenvalue weighted by Crippen LogP contribution is -2.39. The van der Waals surface area contributed by atoms with E-state index in [-0.39, 0.29) is 17.4 Å². The van der Waals surface area contributed by atoms with Crippen LogP contribution in [0, 0.1) is 0 Å². The molecule has 0 radical (unpaired) electrons. The molecule has 1 unspecified atom stereocenters. The minimum absolute atomic E-state index is 0.0479. The SMILES string of the molecule is COc1cccc(-c2nn(-c3ccccc3)cc2/C=C2\SC(=S)N(C3CCS(=O)(=O)C3)C2=O)c1. The average Bonchev–Trinajstić information content (AvgIpc) is 3.49. The van der Waals surface area contributed by atoms with E-state index in [1.165, 1.54) is 16.7 Å². The van der Waals surface area contributed by atoms with E-state index in [2.05, 4.69) is 0 Å². The van der Waals surface area contributed by atoms with E-state index in [9.17, 15) is 13.2 Å². The van der Waals surface area contributed by atoms with Crippen LogP contribution in [0.1, 0.15) is 12.0 Å². The lowest BCUT2D eigenvalue weighted by atomic mass is 10.1. The number of carbonyl (C=O) groups excluding carboxylic acids is 1. The highest BCUT2D eigenvalue weighted by Gasteiger charge is 2.42. The number of carbonyl (C=O) groups is 1. The highest BCUT2D eigenvalue weighted by molar-refractivity contribution is 8.26. The van der Waals surface area contributed by atoms with Crippen molar-refractivity contribution >= 4 is 50.1 Å². The van der Waals surface area contributed by atoms with Gasteiger partial charge in [-0.05, 0) is 36.8 Å². The van der Waals surface area contributed by atoms with Gasteiger partial charge in [-0.1, -0.05) is 54.3 Å². The van der Waals surface area contributed by atoms with Gasteiger partial charge in [0.25, 0.3) is 5.91 Å². The summed E-state index contributed by atoms with van der Waals surface area (Å²) in [5.74, 6) is 0.471. The predicted molar refractivity (Wildman–Crippen MR) is 138 cm³/mol. The van der Waals surface area contributed by atoms with Crippen LogP contribution in [0.5, 0.6) is 5.75 Å². The largest absolute Gasteiger partial charge is 0.497 e. The van der Waals surface area contributed by atoms with E-state index in [0.29, 0.717) is 27.1 Å². The summed E-state index contributed by atoms with van der Waals surface area (Å²) >= 11 is 6.65. The molecule has 2 aliphatic heterocycles. The summed E-state index contributed by atoms with van der Waals surface area (Å²) in [4.78, 5) is 15.2. The van der Waals surface area contributed by atoms with Crippen LogP contribution in [0.3, 0.4) is 0 Å². The molecular formula is C24H21N3O4S3. The molecule has 34 heavy (non-hydrogen) atoms. The Morgan fingerprint density at radius 1 is 1.18 bits per heavy atom. The first-order valence-corrected chi connectivity index (χ1v) is 13.7. The number of benzene rings is 2. The number of thioether (sulfide) groups is 1. The number of thiocarbonyl (C=S) groups is 1. The van der Waals surface area contributed by atoms with E-state index in [1.807, 2.05) is 60.8 Å². The number of para-hydroxylation sites is 1. The van der Waals surface area contributed by atoms with Crippen LogP contribution in [0.25, 0.3) is 23.0 Å². The topological polar surface area (TPSA) is 81.5 Å². The van der Waals surface area contributed by atoms with Crippen molar-refractivity contribution in [3.05, 3.63) is 71.3 Å². The summed E-state index contributed by atoms with van der Waals surface area (Å²) in [6.07, 6.45) is 4.06. The van der Waals surface area contributed by atoms with Gasteiger partial charge >= 0.3 is 0 Å². The molecule has 10 heteroatoms. The van der Waals surface area contributed by atoms with Gasteiger partial charge in [0, 0.05) is 17.3 Å². The van der Waals surface area contributed by atoms with Crippen molar-refractivity contribution < 1.29 is 17.9 Å². The summed E-state index contributed by atoms with van der Waals surface area (Å²) in [5.41, 5.74) is 3.17. The highest BCUT2D eigenvalue weighted by Crippen LogP contribution is 2.38. The molecule has 7 nitrogen and oxygen atoms in total. The van der Waals surface area contributed by atoms with Gasteiger partial charge in [0.05, 0.1) is 35.2 Å². The minimum atomic E-state index is -3.14. The maximum atomic E-state index is 13.3.